The summed E-state index contributed by atoms with van der Waals surface area (Å²) >= 11 is 0. The lowest BCUT2D eigenvalue weighted by molar-refractivity contribution is -0.121. The van der Waals surface area contributed by atoms with Gasteiger partial charge in [-0.15, -0.1) is 0 Å². The topological polar surface area (TPSA) is 43.4 Å². The maximum absolute atomic E-state index is 11.7. The monoisotopic (exact) mass is 210 g/mol. The van der Waals surface area contributed by atoms with Gasteiger partial charge in [0, 0.05) is 24.8 Å². The summed E-state index contributed by atoms with van der Waals surface area (Å²) in [4.78, 5) is 22.6. The molecule has 0 spiro atoms. The Kier molecular flexibility index (Phi) is 4.06. The van der Waals surface area contributed by atoms with E-state index in [2.05, 4.69) is 0 Å². The minimum atomic E-state index is -0.00667. The van der Waals surface area contributed by atoms with Gasteiger partial charge in [-0.05, 0) is 19.3 Å². The van der Waals surface area contributed by atoms with Gasteiger partial charge in [-0.25, -0.2) is 0 Å². The summed E-state index contributed by atoms with van der Waals surface area (Å²) in [6.45, 7) is 3.60. The van der Waals surface area contributed by atoms with Crippen LogP contribution in [0.5, 0.6) is 0 Å². The van der Waals surface area contributed by atoms with E-state index in [9.17, 15) is 9.59 Å². The molecular formula is C12H18O3. The van der Waals surface area contributed by atoms with E-state index >= 15 is 0 Å². The molecule has 0 heterocycles. The van der Waals surface area contributed by atoms with Crippen LogP contribution in [0.15, 0.2) is 11.8 Å². The fourth-order valence-corrected chi connectivity index (χ4v) is 1.99. The molecule has 84 valence electrons. The zero-order valence-corrected chi connectivity index (χ0v) is 9.58. The minimum absolute atomic E-state index is 0.00667. The molecule has 0 radical (unpaired) electrons. The van der Waals surface area contributed by atoms with Gasteiger partial charge in [-0.1, -0.05) is 6.92 Å². The predicted molar refractivity (Wildman–Crippen MR) is 57.3 cm³/mol. The Morgan fingerprint density at radius 2 is 2.27 bits per heavy atom. The van der Waals surface area contributed by atoms with E-state index in [1.165, 1.54) is 0 Å². The average Bonchev–Trinajstić information content (AvgIpc) is 2.15. The Balaban J connectivity index is 2.63. The molecule has 0 amide bonds. The molecular weight excluding hydrogens is 192 g/mol. The van der Waals surface area contributed by atoms with Crippen molar-refractivity contribution in [3.63, 3.8) is 0 Å². The van der Waals surface area contributed by atoms with E-state index in [-0.39, 0.29) is 23.4 Å². The first-order valence-electron chi connectivity index (χ1n) is 5.32. The second-order valence-corrected chi connectivity index (χ2v) is 4.25. The number of carbonyl (C=O) groups is 2. The van der Waals surface area contributed by atoms with Crippen molar-refractivity contribution >= 4 is 11.6 Å². The van der Waals surface area contributed by atoms with Gasteiger partial charge in [0.2, 0.25) is 0 Å². The van der Waals surface area contributed by atoms with Crippen LogP contribution in [0.25, 0.3) is 0 Å². The summed E-state index contributed by atoms with van der Waals surface area (Å²) < 4.78 is 5.08. The van der Waals surface area contributed by atoms with Crippen LogP contribution in [-0.2, 0) is 14.3 Å². The third kappa shape index (κ3) is 3.18. The largest absolute Gasteiger partial charge is 0.501 e. The lowest BCUT2D eigenvalue weighted by atomic mass is 9.79. The van der Waals surface area contributed by atoms with Gasteiger partial charge < -0.3 is 9.53 Å². The standard InChI is InChI=1S/C12H18O3/c1-8-6-10(15-3)7-12(14)11(8)5-4-9(2)13/h7-8,11H,4-6H2,1-3H3. The van der Waals surface area contributed by atoms with Crippen LogP contribution in [0, 0.1) is 11.8 Å². The number of ether oxygens (including phenoxy) is 1. The zero-order chi connectivity index (χ0) is 11.4. The first kappa shape index (κ1) is 12.0. The highest BCUT2D eigenvalue weighted by molar-refractivity contribution is 5.93. The van der Waals surface area contributed by atoms with E-state index in [0.29, 0.717) is 12.8 Å². The highest BCUT2D eigenvalue weighted by Gasteiger charge is 2.29. The van der Waals surface area contributed by atoms with E-state index in [4.69, 9.17) is 4.74 Å². The van der Waals surface area contributed by atoms with E-state index in [1.807, 2.05) is 6.92 Å². The maximum atomic E-state index is 11.7. The first-order chi connectivity index (χ1) is 7.04. The van der Waals surface area contributed by atoms with Crippen LogP contribution >= 0.6 is 0 Å². The molecule has 1 aliphatic rings. The highest BCUT2D eigenvalue weighted by atomic mass is 16.5. The van der Waals surface area contributed by atoms with Crippen LogP contribution in [0.3, 0.4) is 0 Å². The molecule has 2 atom stereocenters. The molecule has 0 saturated heterocycles. The van der Waals surface area contributed by atoms with Crippen LogP contribution in [-0.4, -0.2) is 18.7 Å². The molecule has 3 heteroatoms. The number of hydrogen-bond donors (Lipinski definition) is 0. The minimum Gasteiger partial charge on any atom is -0.501 e. The second-order valence-electron chi connectivity index (χ2n) is 4.25. The predicted octanol–water partition coefficient (Wildman–Crippen LogP) is 2.11. The molecule has 0 aromatic heterocycles. The molecule has 0 aromatic carbocycles. The third-order valence-corrected chi connectivity index (χ3v) is 2.95. The lowest BCUT2D eigenvalue weighted by Crippen LogP contribution is -2.26. The summed E-state index contributed by atoms with van der Waals surface area (Å²) in [5, 5.41) is 0. The Morgan fingerprint density at radius 1 is 1.60 bits per heavy atom. The number of allylic oxidation sites excluding steroid dienone is 2. The third-order valence-electron chi connectivity index (χ3n) is 2.95. The molecule has 2 unspecified atom stereocenters. The molecule has 3 nitrogen and oxygen atoms in total. The van der Waals surface area contributed by atoms with Crippen molar-refractivity contribution in [2.75, 3.05) is 7.11 Å². The van der Waals surface area contributed by atoms with Gasteiger partial charge in [0.05, 0.1) is 12.9 Å². The molecule has 1 aliphatic carbocycles. The van der Waals surface area contributed by atoms with Gasteiger partial charge in [0.15, 0.2) is 5.78 Å². The quantitative estimate of drug-likeness (QED) is 0.713. The summed E-state index contributed by atoms with van der Waals surface area (Å²) in [5.74, 6) is 1.28. The van der Waals surface area contributed by atoms with Crippen molar-refractivity contribution in [1.29, 1.82) is 0 Å². The van der Waals surface area contributed by atoms with Crippen LogP contribution in [0.1, 0.15) is 33.1 Å². The van der Waals surface area contributed by atoms with E-state index in [1.54, 1.807) is 20.1 Å². The van der Waals surface area contributed by atoms with Crippen LogP contribution < -0.4 is 0 Å². The Hall–Kier alpha value is -1.12. The van der Waals surface area contributed by atoms with Crippen LogP contribution in [0.4, 0.5) is 0 Å². The molecule has 0 fully saturated rings. The Morgan fingerprint density at radius 3 is 2.73 bits per heavy atom. The lowest BCUT2D eigenvalue weighted by Gasteiger charge is -2.26. The number of rotatable bonds is 4. The van der Waals surface area contributed by atoms with Crippen LogP contribution in [0.2, 0.25) is 0 Å². The normalized spacial score (nSPS) is 26.1. The van der Waals surface area contributed by atoms with Crippen molar-refractivity contribution in [2.24, 2.45) is 11.8 Å². The molecule has 15 heavy (non-hydrogen) atoms. The van der Waals surface area contributed by atoms with Gasteiger partial charge in [-0.3, -0.25) is 4.79 Å². The van der Waals surface area contributed by atoms with E-state index in [0.717, 1.165) is 12.2 Å². The summed E-state index contributed by atoms with van der Waals surface area (Å²) in [6, 6.07) is 0. The van der Waals surface area contributed by atoms with Gasteiger partial charge in [-0.2, -0.15) is 0 Å². The van der Waals surface area contributed by atoms with Crippen molar-refractivity contribution in [3.05, 3.63) is 11.8 Å². The Labute approximate surface area is 90.5 Å². The number of ketones is 2. The SMILES string of the molecule is COC1=CC(=O)C(CCC(C)=O)C(C)C1. The number of carbonyl (C=O) groups excluding carboxylic acids is 2. The fraction of sp³-hybridized carbons (Fsp3) is 0.667. The second kappa shape index (κ2) is 5.10. The van der Waals surface area contributed by atoms with Gasteiger partial charge >= 0.3 is 0 Å². The van der Waals surface area contributed by atoms with Crippen molar-refractivity contribution in [3.8, 4) is 0 Å². The molecule has 0 aromatic rings. The van der Waals surface area contributed by atoms with E-state index < -0.39 is 0 Å². The maximum Gasteiger partial charge on any atom is 0.162 e. The molecule has 0 N–H and O–H groups in total. The molecule has 1 rings (SSSR count). The van der Waals surface area contributed by atoms with Gasteiger partial charge in [0.25, 0.3) is 0 Å². The highest BCUT2D eigenvalue weighted by Crippen LogP contribution is 2.30. The van der Waals surface area contributed by atoms with Crippen molar-refractivity contribution in [2.45, 2.75) is 33.1 Å². The fourth-order valence-electron chi connectivity index (χ4n) is 1.99. The number of Topliss-reactive ketones (excluding diaryl/α,β-unsaturated/α-hetero) is 1. The van der Waals surface area contributed by atoms with Crippen molar-refractivity contribution in [1.82, 2.24) is 0 Å². The number of hydrogen-bond acceptors (Lipinski definition) is 3. The summed E-state index contributed by atoms with van der Waals surface area (Å²) in [6.07, 6.45) is 3.54. The summed E-state index contributed by atoms with van der Waals surface area (Å²) in [5.41, 5.74) is 0. The smallest absolute Gasteiger partial charge is 0.162 e. The summed E-state index contributed by atoms with van der Waals surface area (Å²) in [7, 11) is 1.59. The van der Waals surface area contributed by atoms with Gasteiger partial charge in [0.1, 0.15) is 5.78 Å². The van der Waals surface area contributed by atoms with Crippen molar-refractivity contribution < 1.29 is 14.3 Å². The zero-order valence-electron chi connectivity index (χ0n) is 9.58. The molecule has 0 saturated carbocycles. The molecule has 0 bridgehead atoms. The number of methoxy groups -OCH3 is 1. The Bertz CT molecular complexity index is 291. The first-order valence-corrected chi connectivity index (χ1v) is 5.32. The average molecular weight is 210 g/mol. The molecule has 0 aliphatic heterocycles.